The molecular formula is C23H38. The van der Waals surface area contributed by atoms with Gasteiger partial charge in [0, 0.05) is 0 Å². The van der Waals surface area contributed by atoms with Gasteiger partial charge in [-0.25, -0.2) is 0 Å². The molecule has 0 atom stereocenters. The molecule has 0 nitrogen and oxygen atoms in total. The first-order chi connectivity index (χ1) is 11.3. The van der Waals surface area contributed by atoms with Crippen molar-refractivity contribution in [2.24, 2.45) is 5.92 Å². The first kappa shape index (κ1) is 18.6. The van der Waals surface area contributed by atoms with Crippen molar-refractivity contribution in [3.8, 4) is 0 Å². The fourth-order valence-electron chi connectivity index (χ4n) is 4.18. The molecule has 0 aromatic heterocycles. The van der Waals surface area contributed by atoms with Crippen LogP contribution in [0.15, 0.2) is 24.3 Å². The molecule has 0 spiro atoms. The lowest BCUT2D eigenvalue weighted by Crippen LogP contribution is -2.13. The van der Waals surface area contributed by atoms with Crippen molar-refractivity contribution in [2.75, 3.05) is 0 Å². The standard InChI is InChI=1S/C23H38/c1-3-5-7-9-11-21-14-18-23(19-15-21)22-16-12-20(13-17-22)10-8-6-4-2/h12-13,16-17,21,23H,3-11,14-15,18-19H2,1-2H3. The maximum atomic E-state index is 2.42. The first-order valence-electron chi connectivity index (χ1n) is 10.4. The summed E-state index contributed by atoms with van der Waals surface area (Å²) in [6.07, 6.45) is 18.3. The van der Waals surface area contributed by atoms with Crippen LogP contribution in [-0.2, 0) is 6.42 Å². The Labute approximate surface area is 145 Å². The fraction of sp³-hybridized carbons (Fsp3) is 0.739. The van der Waals surface area contributed by atoms with Gasteiger partial charge in [-0.05, 0) is 61.5 Å². The molecule has 1 aliphatic rings. The highest BCUT2D eigenvalue weighted by atomic mass is 14.3. The number of hydrogen-bond acceptors (Lipinski definition) is 0. The quantitative estimate of drug-likeness (QED) is 0.389. The summed E-state index contributed by atoms with van der Waals surface area (Å²) in [5, 5.41) is 0. The Morgan fingerprint density at radius 1 is 0.739 bits per heavy atom. The van der Waals surface area contributed by atoms with Gasteiger partial charge in [-0.3, -0.25) is 0 Å². The molecule has 1 aliphatic carbocycles. The SMILES string of the molecule is CCCCCCC1CCC(c2ccc(CCCCC)cc2)CC1. The average molecular weight is 315 g/mol. The highest BCUT2D eigenvalue weighted by molar-refractivity contribution is 5.25. The Balaban J connectivity index is 1.70. The van der Waals surface area contributed by atoms with Crippen molar-refractivity contribution in [2.45, 2.75) is 103 Å². The Morgan fingerprint density at radius 2 is 1.39 bits per heavy atom. The third kappa shape index (κ3) is 6.69. The molecular weight excluding hydrogens is 276 g/mol. The zero-order valence-electron chi connectivity index (χ0n) is 15.7. The second kappa shape index (κ2) is 10.9. The molecule has 0 unspecified atom stereocenters. The second-order valence-corrected chi connectivity index (χ2v) is 7.77. The Bertz CT molecular complexity index is 395. The first-order valence-corrected chi connectivity index (χ1v) is 10.4. The Kier molecular flexibility index (Phi) is 8.79. The Hall–Kier alpha value is -0.780. The van der Waals surface area contributed by atoms with Gasteiger partial charge in [-0.2, -0.15) is 0 Å². The molecule has 23 heavy (non-hydrogen) atoms. The summed E-state index contributed by atoms with van der Waals surface area (Å²) in [4.78, 5) is 0. The van der Waals surface area contributed by atoms with E-state index in [4.69, 9.17) is 0 Å². The van der Waals surface area contributed by atoms with E-state index < -0.39 is 0 Å². The molecule has 0 bridgehead atoms. The minimum absolute atomic E-state index is 0.839. The van der Waals surface area contributed by atoms with Crippen LogP contribution in [0.2, 0.25) is 0 Å². The zero-order valence-corrected chi connectivity index (χ0v) is 15.7. The number of hydrogen-bond donors (Lipinski definition) is 0. The van der Waals surface area contributed by atoms with Gasteiger partial charge in [-0.15, -0.1) is 0 Å². The fourth-order valence-corrected chi connectivity index (χ4v) is 4.18. The molecule has 0 radical (unpaired) electrons. The topological polar surface area (TPSA) is 0 Å². The van der Waals surface area contributed by atoms with Crippen LogP contribution >= 0.6 is 0 Å². The van der Waals surface area contributed by atoms with E-state index in [-0.39, 0.29) is 0 Å². The number of unbranched alkanes of at least 4 members (excludes halogenated alkanes) is 5. The normalized spacial score (nSPS) is 21.5. The highest BCUT2D eigenvalue weighted by Crippen LogP contribution is 2.37. The van der Waals surface area contributed by atoms with Crippen LogP contribution in [0.4, 0.5) is 0 Å². The smallest absolute Gasteiger partial charge is 0.0162 e. The van der Waals surface area contributed by atoms with E-state index in [1.54, 1.807) is 5.56 Å². The van der Waals surface area contributed by atoms with Crippen LogP contribution < -0.4 is 0 Å². The second-order valence-electron chi connectivity index (χ2n) is 7.77. The summed E-state index contributed by atoms with van der Waals surface area (Å²) < 4.78 is 0. The molecule has 2 rings (SSSR count). The molecule has 0 amide bonds. The van der Waals surface area contributed by atoms with Gasteiger partial charge in [-0.1, -0.05) is 83.1 Å². The van der Waals surface area contributed by atoms with Crippen LogP contribution in [0.5, 0.6) is 0 Å². The van der Waals surface area contributed by atoms with Crippen LogP contribution in [0.3, 0.4) is 0 Å². The third-order valence-corrected chi connectivity index (χ3v) is 5.83. The maximum absolute atomic E-state index is 2.42. The number of aryl methyl sites for hydroxylation is 1. The van der Waals surface area contributed by atoms with E-state index in [9.17, 15) is 0 Å². The highest BCUT2D eigenvalue weighted by Gasteiger charge is 2.21. The van der Waals surface area contributed by atoms with E-state index >= 15 is 0 Å². The molecule has 1 aromatic carbocycles. The van der Waals surface area contributed by atoms with Crippen molar-refractivity contribution < 1.29 is 0 Å². The van der Waals surface area contributed by atoms with E-state index in [0.29, 0.717) is 0 Å². The summed E-state index contributed by atoms with van der Waals surface area (Å²) >= 11 is 0. The lowest BCUT2D eigenvalue weighted by molar-refractivity contribution is 0.302. The van der Waals surface area contributed by atoms with Gasteiger partial charge in [0.2, 0.25) is 0 Å². The number of benzene rings is 1. The third-order valence-electron chi connectivity index (χ3n) is 5.83. The molecule has 0 N–H and O–H groups in total. The molecule has 1 fully saturated rings. The Morgan fingerprint density at radius 3 is 2.04 bits per heavy atom. The van der Waals surface area contributed by atoms with E-state index in [1.807, 2.05) is 0 Å². The lowest BCUT2D eigenvalue weighted by Gasteiger charge is -2.29. The predicted molar refractivity (Wildman–Crippen MR) is 103 cm³/mol. The van der Waals surface area contributed by atoms with Gasteiger partial charge in [0.1, 0.15) is 0 Å². The average Bonchev–Trinajstić information content (AvgIpc) is 2.60. The van der Waals surface area contributed by atoms with Crippen molar-refractivity contribution >= 4 is 0 Å². The van der Waals surface area contributed by atoms with Crippen molar-refractivity contribution in [3.05, 3.63) is 35.4 Å². The molecule has 1 saturated carbocycles. The molecule has 0 aliphatic heterocycles. The monoisotopic (exact) mass is 314 g/mol. The van der Waals surface area contributed by atoms with E-state index in [1.165, 1.54) is 89.0 Å². The summed E-state index contributed by atoms with van der Waals surface area (Å²) in [6.45, 7) is 4.59. The van der Waals surface area contributed by atoms with Crippen LogP contribution in [-0.4, -0.2) is 0 Å². The van der Waals surface area contributed by atoms with Gasteiger partial charge in [0.15, 0.2) is 0 Å². The summed E-state index contributed by atoms with van der Waals surface area (Å²) in [5.74, 6) is 1.86. The van der Waals surface area contributed by atoms with Gasteiger partial charge in [0.25, 0.3) is 0 Å². The van der Waals surface area contributed by atoms with Crippen molar-refractivity contribution in [3.63, 3.8) is 0 Å². The zero-order chi connectivity index (χ0) is 16.3. The van der Waals surface area contributed by atoms with Gasteiger partial charge >= 0.3 is 0 Å². The maximum Gasteiger partial charge on any atom is -0.0162 e. The molecule has 1 aromatic rings. The minimum atomic E-state index is 0.839. The molecule has 0 heterocycles. The summed E-state index contributed by atoms with van der Waals surface area (Å²) in [7, 11) is 0. The molecule has 0 heteroatoms. The van der Waals surface area contributed by atoms with Crippen molar-refractivity contribution in [1.29, 1.82) is 0 Å². The van der Waals surface area contributed by atoms with E-state index in [0.717, 1.165) is 11.8 Å². The molecule has 130 valence electrons. The largest absolute Gasteiger partial charge is 0.0654 e. The van der Waals surface area contributed by atoms with Crippen LogP contribution in [0.1, 0.15) is 108 Å². The predicted octanol–water partition coefficient (Wildman–Crippen LogP) is 7.66. The van der Waals surface area contributed by atoms with Gasteiger partial charge < -0.3 is 0 Å². The van der Waals surface area contributed by atoms with Crippen LogP contribution in [0.25, 0.3) is 0 Å². The number of rotatable bonds is 10. The molecule has 0 saturated heterocycles. The summed E-state index contributed by atoms with van der Waals surface area (Å²) in [6, 6.07) is 9.63. The van der Waals surface area contributed by atoms with Crippen molar-refractivity contribution in [1.82, 2.24) is 0 Å². The lowest BCUT2D eigenvalue weighted by atomic mass is 9.77. The summed E-state index contributed by atoms with van der Waals surface area (Å²) in [5.41, 5.74) is 3.14. The minimum Gasteiger partial charge on any atom is -0.0654 e. The van der Waals surface area contributed by atoms with Gasteiger partial charge in [0.05, 0.1) is 0 Å². The van der Waals surface area contributed by atoms with Crippen LogP contribution in [0, 0.1) is 5.92 Å². The van der Waals surface area contributed by atoms with E-state index in [2.05, 4.69) is 38.1 Å².